The molecule has 17 heavy (non-hydrogen) atoms. The number of nitrogens with one attached hydrogen (secondary N) is 1. The third kappa shape index (κ3) is 5.84. The van der Waals surface area contributed by atoms with Gasteiger partial charge in [-0.2, -0.15) is 0 Å². The molecule has 1 saturated heterocycles. The van der Waals surface area contributed by atoms with E-state index < -0.39 is 0 Å². The van der Waals surface area contributed by atoms with Crippen LogP contribution in [0.3, 0.4) is 0 Å². The van der Waals surface area contributed by atoms with E-state index >= 15 is 0 Å². The number of morpholine rings is 1. The maximum Gasteiger partial charge on any atom is 0.0674 e. The molecule has 0 aromatic rings. The normalized spacial score (nSPS) is 28.6. The van der Waals surface area contributed by atoms with Crippen molar-refractivity contribution in [3.8, 4) is 0 Å². The highest BCUT2D eigenvalue weighted by Crippen LogP contribution is 2.13. The Bertz CT molecular complexity index is 208. The molecule has 0 amide bonds. The summed E-state index contributed by atoms with van der Waals surface area (Å²) in [4.78, 5) is 2.57. The first-order valence-electron chi connectivity index (χ1n) is 7.05. The summed E-state index contributed by atoms with van der Waals surface area (Å²) < 4.78 is 5.66. The Morgan fingerprint density at radius 3 is 2.59 bits per heavy atom. The molecule has 3 atom stereocenters. The Kier molecular flexibility index (Phi) is 6.45. The molecule has 1 aliphatic heterocycles. The summed E-state index contributed by atoms with van der Waals surface area (Å²) in [5.74, 6) is 1.45. The molecule has 0 spiro atoms. The maximum atomic E-state index is 5.66. The summed E-state index contributed by atoms with van der Waals surface area (Å²) in [6, 6.07) is 0.568. The summed E-state index contributed by atoms with van der Waals surface area (Å²) in [6.07, 6.45) is 0.391. The van der Waals surface area contributed by atoms with E-state index in [1.807, 2.05) is 0 Å². The van der Waals surface area contributed by atoms with E-state index in [1.54, 1.807) is 0 Å². The van der Waals surface area contributed by atoms with Crippen molar-refractivity contribution in [1.82, 2.24) is 10.2 Å². The van der Waals surface area contributed by atoms with Crippen molar-refractivity contribution in [2.45, 2.75) is 46.8 Å². The molecule has 3 unspecified atom stereocenters. The molecule has 3 nitrogen and oxygen atoms in total. The van der Waals surface area contributed by atoms with Crippen molar-refractivity contribution in [3.05, 3.63) is 0 Å². The SMILES string of the molecule is CC(C)CNCC(C)CN1CC(C)OCC1C. The molecule has 1 heterocycles. The van der Waals surface area contributed by atoms with Crippen molar-refractivity contribution in [1.29, 1.82) is 0 Å². The third-order valence-corrected chi connectivity index (χ3v) is 3.33. The Hall–Kier alpha value is -0.120. The second-order valence-electron chi connectivity index (χ2n) is 6.10. The second kappa shape index (κ2) is 7.34. The van der Waals surface area contributed by atoms with Gasteiger partial charge in [-0.15, -0.1) is 0 Å². The van der Waals surface area contributed by atoms with Gasteiger partial charge in [0, 0.05) is 19.1 Å². The fraction of sp³-hybridized carbons (Fsp3) is 1.00. The number of rotatable bonds is 6. The standard InChI is InChI=1S/C14H30N2O/c1-11(2)6-15-7-12(3)8-16-9-14(5)17-10-13(16)4/h11-15H,6-10H2,1-5H3. The van der Waals surface area contributed by atoms with Crippen LogP contribution in [0.2, 0.25) is 0 Å². The van der Waals surface area contributed by atoms with Crippen LogP contribution in [0.1, 0.15) is 34.6 Å². The predicted octanol–water partition coefficient (Wildman–Crippen LogP) is 1.98. The van der Waals surface area contributed by atoms with Crippen LogP contribution in [0.25, 0.3) is 0 Å². The lowest BCUT2D eigenvalue weighted by Crippen LogP contribution is -2.49. The first-order valence-corrected chi connectivity index (χ1v) is 7.05. The van der Waals surface area contributed by atoms with Gasteiger partial charge in [0.05, 0.1) is 12.7 Å². The van der Waals surface area contributed by atoms with Crippen LogP contribution in [0.15, 0.2) is 0 Å². The fourth-order valence-corrected chi connectivity index (χ4v) is 2.31. The first kappa shape index (κ1) is 14.9. The van der Waals surface area contributed by atoms with E-state index in [2.05, 4.69) is 44.8 Å². The lowest BCUT2D eigenvalue weighted by atomic mass is 10.1. The largest absolute Gasteiger partial charge is 0.376 e. The molecule has 0 bridgehead atoms. The van der Waals surface area contributed by atoms with Crippen LogP contribution in [-0.2, 0) is 4.74 Å². The zero-order valence-corrected chi connectivity index (χ0v) is 12.2. The summed E-state index contributed by atoms with van der Waals surface area (Å²) in [5.41, 5.74) is 0. The highest BCUT2D eigenvalue weighted by atomic mass is 16.5. The molecular formula is C14H30N2O. The lowest BCUT2D eigenvalue weighted by Gasteiger charge is -2.38. The van der Waals surface area contributed by atoms with Gasteiger partial charge < -0.3 is 10.1 Å². The maximum absolute atomic E-state index is 5.66. The van der Waals surface area contributed by atoms with E-state index in [-0.39, 0.29) is 0 Å². The smallest absolute Gasteiger partial charge is 0.0674 e. The van der Waals surface area contributed by atoms with E-state index in [0.717, 1.165) is 32.2 Å². The fourth-order valence-electron chi connectivity index (χ4n) is 2.31. The molecule has 0 aliphatic carbocycles. The topological polar surface area (TPSA) is 24.5 Å². The van der Waals surface area contributed by atoms with Gasteiger partial charge in [0.2, 0.25) is 0 Å². The average molecular weight is 242 g/mol. The van der Waals surface area contributed by atoms with Gasteiger partial charge in [-0.1, -0.05) is 20.8 Å². The molecule has 1 aliphatic rings. The van der Waals surface area contributed by atoms with Gasteiger partial charge in [0.25, 0.3) is 0 Å². The summed E-state index contributed by atoms with van der Waals surface area (Å²) in [5, 5.41) is 3.54. The minimum Gasteiger partial charge on any atom is -0.376 e. The molecule has 0 saturated carbocycles. The van der Waals surface area contributed by atoms with Crippen molar-refractivity contribution >= 4 is 0 Å². The van der Waals surface area contributed by atoms with Crippen LogP contribution >= 0.6 is 0 Å². The predicted molar refractivity (Wildman–Crippen MR) is 73.3 cm³/mol. The summed E-state index contributed by atoms with van der Waals surface area (Å²) >= 11 is 0. The highest BCUT2D eigenvalue weighted by Gasteiger charge is 2.24. The molecule has 1 fully saturated rings. The van der Waals surface area contributed by atoms with Crippen LogP contribution in [0.5, 0.6) is 0 Å². The van der Waals surface area contributed by atoms with Gasteiger partial charge in [0.1, 0.15) is 0 Å². The van der Waals surface area contributed by atoms with Crippen molar-refractivity contribution < 1.29 is 4.74 Å². The Morgan fingerprint density at radius 1 is 1.24 bits per heavy atom. The van der Waals surface area contributed by atoms with Crippen molar-refractivity contribution in [2.24, 2.45) is 11.8 Å². The number of hydrogen-bond donors (Lipinski definition) is 1. The molecule has 1 N–H and O–H groups in total. The molecule has 1 rings (SSSR count). The van der Waals surface area contributed by atoms with E-state index in [1.165, 1.54) is 6.54 Å². The van der Waals surface area contributed by atoms with Gasteiger partial charge in [0.15, 0.2) is 0 Å². The Balaban J connectivity index is 2.22. The van der Waals surface area contributed by atoms with Crippen molar-refractivity contribution in [3.63, 3.8) is 0 Å². The molecule has 0 aromatic carbocycles. The first-order chi connectivity index (χ1) is 7.99. The zero-order valence-electron chi connectivity index (χ0n) is 12.2. The minimum absolute atomic E-state index is 0.391. The van der Waals surface area contributed by atoms with Gasteiger partial charge in [-0.05, 0) is 38.8 Å². The third-order valence-electron chi connectivity index (χ3n) is 3.33. The number of nitrogens with zero attached hydrogens (tertiary/aromatic N) is 1. The van der Waals surface area contributed by atoms with E-state index in [9.17, 15) is 0 Å². The Labute approximate surface area is 107 Å². The summed E-state index contributed by atoms with van der Waals surface area (Å²) in [6.45, 7) is 16.7. The number of hydrogen-bond acceptors (Lipinski definition) is 3. The number of ether oxygens (including phenoxy) is 1. The average Bonchev–Trinajstić information content (AvgIpc) is 2.23. The molecular weight excluding hydrogens is 212 g/mol. The van der Waals surface area contributed by atoms with Crippen LogP contribution in [0.4, 0.5) is 0 Å². The monoisotopic (exact) mass is 242 g/mol. The van der Waals surface area contributed by atoms with Crippen LogP contribution in [-0.4, -0.2) is 49.8 Å². The van der Waals surface area contributed by atoms with Gasteiger partial charge in [-0.3, -0.25) is 4.90 Å². The molecule has 0 aromatic heterocycles. The van der Waals surface area contributed by atoms with Gasteiger partial charge in [-0.25, -0.2) is 0 Å². The Morgan fingerprint density at radius 2 is 1.94 bits per heavy atom. The second-order valence-corrected chi connectivity index (χ2v) is 6.10. The highest BCUT2D eigenvalue weighted by molar-refractivity contribution is 4.77. The molecule has 102 valence electrons. The van der Waals surface area contributed by atoms with E-state index in [4.69, 9.17) is 4.74 Å². The van der Waals surface area contributed by atoms with Crippen LogP contribution in [0, 0.1) is 11.8 Å². The van der Waals surface area contributed by atoms with Crippen LogP contribution < -0.4 is 5.32 Å². The molecule has 3 heteroatoms. The summed E-state index contributed by atoms with van der Waals surface area (Å²) in [7, 11) is 0. The minimum atomic E-state index is 0.391. The lowest BCUT2D eigenvalue weighted by molar-refractivity contribution is -0.0533. The van der Waals surface area contributed by atoms with Gasteiger partial charge >= 0.3 is 0 Å². The van der Waals surface area contributed by atoms with E-state index in [0.29, 0.717) is 18.1 Å². The van der Waals surface area contributed by atoms with Crippen molar-refractivity contribution in [2.75, 3.05) is 32.8 Å². The molecule has 0 radical (unpaired) electrons. The quantitative estimate of drug-likeness (QED) is 0.771. The zero-order chi connectivity index (χ0) is 12.8.